The number of rotatable bonds is 5. The van der Waals surface area contributed by atoms with Gasteiger partial charge in [0.15, 0.2) is 0 Å². The summed E-state index contributed by atoms with van der Waals surface area (Å²) in [6, 6.07) is 4.33. The standard InChI is InChI=1S/C15H22BrNO/c1-4-15(2,3)10-17-9-12-8-13(16)7-11-5-6-18-14(11)12/h7-8,17H,4-6,9-10H2,1-3H3. The van der Waals surface area contributed by atoms with Crippen LogP contribution in [0.4, 0.5) is 0 Å². The van der Waals surface area contributed by atoms with Crippen LogP contribution in [0.1, 0.15) is 38.3 Å². The van der Waals surface area contributed by atoms with E-state index in [2.05, 4.69) is 54.2 Å². The lowest BCUT2D eigenvalue weighted by Crippen LogP contribution is -2.28. The van der Waals surface area contributed by atoms with Gasteiger partial charge >= 0.3 is 0 Å². The second kappa shape index (κ2) is 5.62. The molecule has 3 heteroatoms. The third-order valence-electron chi connectivity index (χ3n) is 3.70. The third-order valence-corrected chi connectivity index (χ3v) is 4.16. The van der Waals surface area contributed by atoms with Gasteiger partial charge in [0.2, 0.25) is 0 Å². The average molecular weight is 312 g/mol. The van der Waals surface area contributed by atoms with Gasteiger partial charge in [0, 0.05) is 29.5 Å². The Hall–Kier alpha value is -0.540. The monoisotopic (exact) mass is 311 g/mol. The van der Waals surface area contributed by atoms with Gasteiger partial charge in [-0.2, -0.15) is 0 Å². The number of nitrogens with one attached hydrogen (secondary N) is 1. The maximum atomic E-state index is 5.73. The van der Waals surface area contributed by atoms with Gasteiger partial charge in [-0.3, -0.25) is 0 Å². The molecule has 1 aromatic rings. The molecule has 2 nitrogen and oxygen atoms in total. The minimum atomic E-state index is 0.357. The van der Waals surface area contributed by atoms with E-state index in [0.717, 1.165) is 36.3 Å². The van der Waals surface area contributed by atoms with E-state index in [1.165, 1.54) is 17.5 Å². The molecule has 0 atom stereocenters. The fraction of sp³-hybridized carbons (Fsp3) is 0.600. The normalized spacial score (nSPS) is 14.4. The zero-order valence-electron chi connectivity index (χ0n) is 11.5. The van der Waals surface area contributed by atoms with E-state index in [1.807, 2.05) is 0 Å². The molecule has 0 saturated heterocycles. The second-order valence-corrected chi connectivity index (χ2v) is 6.69. The molecule has 1 aliphatic rings. The topological polar surface area (TPSA) is 21.3 Å². The predicted molar refractivity (Wildman–Crippen MR) is 79.1 cm³/mol. The lowest BCUT2D eigenvalue weighted by atomic mass is 9.90. The van der Waals surface area contributed by atoms with Gasteiger partial charge in [0.25, 0.3) is 0 Å². The minimum Gasteiger partial charge on any atom is -0.493 e. The van der Waals surface area contributed by atoms with Gasteiger partial charge in [-0.1, -0.05) is 36.7 Å². The van der Waals surface area contributed by atoms with Crippen LogP contribution in [-0.2, 0) is 13.0 Å². The lowest BCUT2D eigenvalue weighted by Gasteiger charge is -2.23. The second-order valence-electron chi connectivity index (χ2n) is 5.77. The van der Waals surface area contributed by atoms with E-state index in [9.17, 15) is 0 Å². The maximum absolute atomic E-state index is 5.73. The summed E-state index contributed by atoms with van der Waals surface area (Å²) in [5.41, 5.74) is 2.95. The summed E-state index contributed by atoms with van der Waals surface area (Å²) in [6.45, 7) is 9.56. The minimum absolute atomic E-state index is 0.357. The van der Waals surface area contributed by atoms with Crippen molar-refractivity contribution in [2.75, 3.05) is 13.2 Å². The maximum Gasteiger partial charge on any atom is 0.127 e. The summed E-state index contributed by atoms with van der Waals surface area (Å²) in [5, 5.41) is 3.55. The van der Waals surface area contributed by atoms with E-state index in [-0.39, 0.29) is 0 Å². The predicted octanol–water partition coefficient (Wildman–Crippen LogP) is 3.91. The summed E-state index contributed by atoms with van der Waals surface area (Å²) in [5.74, 6) is 1.10. The average Bonchev–Trinajstić information content (AvgIpc) is 2.76. The van der Waals surface area contributed by atoms with Crippen LogP contribution in [0.25, 0.3) is 0 Å². The van der Waals surface area contributed by atoms with Crippen molar-refractivity contribution >= 4 is 15.9 Å². The Bertz CT molecular complexity index is 429. The number of hydrogen-bond acceptors (Lipinski definition) is 2. The van der Waals surface area contributed by atoms with Crippen molar-refractivity contribution in [3.05, 3.63) is 27.7 Å². The summed E-state index contributed by atoms with van der Waals surface area (Å²) in [7, 11) is 0. The highest BCUT2D eigenvalue weighted by molar-refractivity contribution is 9.10. The van der Waals surface area contributed by atoms with Crippen LogP contribution in [0, 0.1) is 5.41 Å². The highest BCUT2D eigenvalue weighted by atomic mass is 79.9. The molecule has 0 radical (unpaired) electrons. The van der Waals surface area contributed by atoms with Crippen LogP contribution in [0.15, 0.2) is 16.6 Å². The van der Waals surface area contributed by atoms with Gasteiger partial charge in [0.1, 0.15) is 5.75 Å². The molecule has 0 aromatic heterocycles. The van der Waals surface area contributed by atoms with Crippen molar-refractivity contribution in [3.63, 3.8) is 0 Å². The number of hydrogen-bond donors (Lipinski definition) is 1. The van der Waals surface area contributed by atoms with Gasteiger partial charge in [-0.05, 0) is 29.5 Å². The molecule has 1 aliphatic heterocycles. The van der Waals surface area contributed by atoms with E-state index in [0.29, 0.717) is 5.41 Å². The summed E-state index contributed by atoms with van der Waals surface area (Å²) in [4.78, 5) is 0. The van der Waals surface area contributed by atoms with Crippen molar-refractivity contribution in [1.82, 2.24) is 5.32 Å². The van der Waals surface area contributed by atoms with E-state index in [4.69, 9.17) is 4.74 Å². The number of ether oxygens (including phenoxy) is 1. The number of halogens is 1. The Morgan fingerprint density at radius 2 is 2.17 bits per heavy atom. The van der Waals surface area contributed by atoms with E-state index < -0.39 is 0 Å². The third kappa shape index (κ3) is 3.27. The van der Waals surface area contributed by atoms with E-state index in [1.54, 1.807) is 0 Å². The molecule has 100 valence electrons. The molecule has 0 fully saturated rings. The first-order valence-electron chi connectivity index (χ1n) is 6.66. The SMILES string of the molecule is CCC(C)(C)CNCc1cc(Br)cc2c1OCC2. The summed E-state index contributed by atoms with van der Waals surface area (Å²) >= 11 is 3.58. The molecule has 1 aromatic carbocycles. The molecule has 0 bridgehead atoms. The van der Waals surface area contributed by atoms with Gasteiger partial charge in [0.05, 0.1) is 6.61 Å². The Morgan fingerprint density at radius 1 is 1.39 bits per heavy atom. The highest BCUT2D eigenvalue weighted by Gasteiger charge is 2.18. The van der Waals surface area contributed by atoms with Crippen LogP contribution in [-0.4, -0.2) is 13.2 Å². The van der Waals surface area contributed by atoms with Gasteiger partial charge in [-0.15, -0.1) is 0 Å². The van der Waals surface area contributed by atoms with Crippen LogP contribution in [0.5, 0.6) is 5.75 Å². The van der Waals surface area contributed by atoms with Crippen LogP contribution >= 0.6 is 15.9 Å². The van der Waals surface area contributed by atoms with Crippen molar-refractivity contribution in [3.8, 4) is 5.75 Å². The lowest BCUT2D eigenvalue weighted by molar-refractivity contribution is 0.323. The Labute approximate surface area is 118 Å². The summed E-state index contributed by atoms with van der Waals surface area (Å²) in [6.07, 6.45) is 2.22. The molecular formula is C15H22BrNO. The zero-order valence-corrected chi connectivity index (χ0v) is 13.1. The Kier molecular flexibility index (Phi) is 4.33. The molecule has 0 amide bonds. The highest BCUT2D eigenvalue weighted by Crippen LogP contribution is 2.33. The fourth-order valence-electron chi connectivity index (χ4n) is 2.14. The van der Waals surface area contributed by atoms with E-state index >= 15 is 0 Å². The fourth-order valence-corrected chi connectivity index (χ4v) is 2.69. The zero-order chi connectivity index (χ0) is 13.2. The molecule has 0 unspecified atom stereocenters. The first-order valence-corrected chi connectivity index (χ1v) is 7.46. The van der Waals surface area contributed by atoms with Crippen LogP contribution in [0.3, 0.4) is 0 Å². The van der Waals surface area contributed by atoms with Crippen LogP contribution < -0.4 is 10.1 Å². The largest absolute Gasteiger partial charge is 0.493 e. The number of fused-ring (bicyclic) bond motifs is 1. The molecule has 1 heterocycles. The molecule has 0 aliphatic carbocycles. The Balaban J connectivity index is 2.02. The van der Waals surface area contributed by atoms with Crippen molar-refractivity contribution < 1.29 is 4.74 Å². The van der Waals surface area contributed by atoms with Crippen molar-refractivity contribution in [2.45, 2.75) is 40.2 Å². The first kappa shape index (κ1) is 13.9. The van der Waals surface area contributed by atoms with Crippen molar-refractivity contribution in [1.29, 1.82) is 0 Å². The molecule has 0 spiro atoms. The molecular weight excluding hydrogens is 290 g/mol. The van der Waals surface area contributed by atoms with Gasteiger partial charge in [-0.25, -0.2) is 0 Å². The first-order chi connectivity index (χ1) is 8.52. The molecule has 0 saturated carbocycles. The van der Waals surface area contributed by atoms with Crippen LogP contribution in [0.2, 0.25) is 0 Å². The molecule has 1 N–H and O–H groups in total. The Morgan fingerprint density at radius 3 is 2.89 bits per heavy atom. The number of benzene rings is 1. The van der Waals surface area contributed by atoms with Gasteiger partial charge < -0.3 is 10.1 Å². The quantitative estimate of drug-likeness (QED) is 0.890. The van der Waals surface area contributed by atoms with Crippen molar-refractivity contribution in [2.24, 2.45) is 5.41 Å². The summed E-state index contributed by atoms with van der Waals surface area (Å²) < 4.78 is 6.88. The smallest absolute Gasteiger partial charge is 0.127 e. The molecule has 2 rings (SSSR count). The molecule has 18 heavy (non-hydrogen) atoms.